The summed E-state index contributed by atoms with van der Waals surface area (Å²) in [5, 5.41) is 2.32. The molecule has 1 unspecified atom stereocenters. The van der Waals surface area contributed by atoms with Gasteiger partial charge in [0.15, 0.2) is 0 Å². The van der Waals surface area contributed by atoms with Gasteiger partial charge in [0.1, 0.15) is 0 Å². The number of nitrogens with one attached hydrogen (secondary N) is 1. The summed E-state index contributed by atoms with van der Waals surface area (Å²) in [6, 6.07) is 3.76. The van der Waals surface area contributed by atoms with Gasteiger partial charge in [-0.15, -0.1) is 0 Å². The summed E-state index contributed by atoms with van der Waals surface area (Å²) in [6.07, 6.45) is -2.95. The van der Waals surface area contributed by atoms with Gasteiger partial charge in [-0.2, -0.15) is 13.2 Å². The van der Waals surface area contributed by atoms with Crippen LogP contribution in [0, 0.1) is 17.8 Å². The summed E-state index contributed by atoms with van der Waals surface area (Å²) < 4.78 is 45.9. The summed E-state index contributed by atoms with van der Waals surface area (Å²) in [4.78, 5) is 10.7. The Balaban J connectivity index is 2.65. The Kier molecular flexibility index (Phi) is 4.69. The lowest BCUT2D eigenvalue weighted by atomic mass is 9.91. The van der Waals surface area contributed by atoms with E-state index in [0.717, 1.165) is 26.0 Å². The maximum atomic E-state index is 13.7. The minimum Gasteiger partial charge on any atom is -0.354 e. The van der Waals surface area contributed by atoms with E-state index in [2.05, 4.69) is 17.2 Å². The fraction of sp³-hybridized carbons (Fsp3) is 0.400. The number of alkyl halides is 3. The standard InChI is InChI=1S/C15H13ClF3NO2/c1-22-14(15(17,18)19,7-6-10-2-3-10)12-8-11(16)4-5-13(12)20-9-21/h4-5,8-10H,2-3H2,1H3,(H,20,21). The predicted octanol–water partition coefficient (Wildman–Crippen LogP) is 3.73. The van der Waals surface area contributed by atoms with Crippen LogP contribution in [0.15, 0.2) is 18.2 Å². The van der Waals surface area contributed by atoms with Crippen LogP contribution >= 0.6 is 11.6 Å². The van der Waals surface area contributed by atoms with E-state index in [4.69, 9.17) is 16.3 Å². The minimum absolute atomic E-state index is 0.0430. The summed E-state index contributed by atoms with van der Waals surface area (Å²) >= 11 is 5.82. The number of benzene rings is 1. The van der Waals surface area contributed by atoms with E-state index >= 15 is 0 Å². The highest BCUT2D eigenvalue weighted by molar-refractivity contribution is 6.30. The third-order valence-corrected chi connectivity index (χ3v) is 3.55. The molecule has 22 heavy (non-hydrogen) atoms. The Hall–Kier alpha value is -1.71. The molecule has 1 aromatic carbocycles. The lowest BCUT2D eigenvalue weighted by Crippen LogP contribution is -2.43. The number of anilines is 1. The molecule has 1 amide bonds. The Morgan fingerprint density at radius 3 is 2.59 bits per heavy atom. The van der Waals surface area contributed by atoms with Crippen LogP contribution in [0.2, 0.25) is 5.02 Å². The average Bonchev–Trinajstić information content (AvgIpc) is 3.25. The van der Waals surface area contributed by atoms with Gasteiger partial charge in [-0.05, 0) is 31.0 Å². The molecule has 0 aromatic heterocycles. The van der Waals surface area contributed by atoms with Crippen molar-refractivity contribution in [1.82, 2.24) is 0 Å². The molecule has 0 spiro atoms. The van der Waals surface area contributed by atoms with Crippen LogP contribution in [0.3, 0.4) is 0 Å². The van der Waals surface area contributed by atoms with Crippen molar-refractivity contribution in [1.29, 1.82) is 0 Å². The number of rotatable bonds is 4. The first-order chi connectivity index (χ1) is 10.3. The molecule has 0 radical (unpaired) electrons. The highest BCUT2D eigenvalue weighted by atomic mass is 35.5. The molecule has 1 aliphatic carbocycles. The average molecular weight is 332 g/mol. The van der Waals surface area contributed by atoms with E-state index in [-0.39, 0.29) is 28.6 Å². The first-order valence-electron chi connectivity index (χ1n) is 6.49. The molecule has 7 heteroatoms. The van der Waals surface area contributed by atoms with Crippen LogP contribution < -0.4 is 5.32 Å². The molecule has 1 fully saturated rings. The molecule has 0 saturated heterocycles. The van der Waals surface area contributed by atoms with E-state index < -0.39 is 11.8 Å². The van der Waals surface area contributed by atoms with Gasteiger partial charge in [0, 0.05) is 29.3 Å². The molecule has 1 atom stereocenters. The summed E-state index contributed by atoms with van der Waals surface area (Å²) in [6.45, 7) is 0. The van der Waals surface area contributed by atoms with Crippen LogP contribution in [-0.2, 0) is 15.1 Å². The monoisotopic (exact) mass is 331 g/mol. The third kappa shape index (κ3) is 3.21. The number of ether oxygens (including phenoxy) is 1. The lowest BCUT2D eigenvalue weighted by Gasteiger charge is -2.31. The van der Waals surface area contributed by atoms with Gasteiger partial charge in [-0.25, -0.2) is 0 Å². The molecule has 2 rings (SSSR count). The molecular formula is C15H13ClF3NO2. The van der Waals surface area contributed by atoms with Gasteiger partial charge in [0.05, 0.1) is 0 Å². The summed E-state index contributed by atoms with van der Waals surface area (Å²) in [5.41, 5.74) is -3.23. The summed E-state index contributed by atoms with van der Waals surface area (Å²) in [5.74, 6) is 4.76. The molecule has 1 aromatic rings. The number of methoxy groups -OCH3 is 1. The van der Waals surface area contributed by atoms with Crippen molar-refractivity contribution in [3.8, 4) is 11.8 Å². The van der Waals surface area contributed by atoms with Crippen molar-refractivity contribution in [3.05, 3.63) is 28.8 Å². The second kappa shape index (κ2) is 6.19. The van der Waals surface area contributed by atoms with Crippen LogP contribution in [0.4, 0.5) is 18.9 Å². The van der Waals surface area contributed by atoms with Crippen LogP contribution in [0.1, 0.15) is 18.4 Å². The summed E-state index contributed by atoms with van der Waals surface area (Å²) in [7, 11) is 0.931. The molecule has 3 nitrogen and oxygen atoms in total. The molecule has 118 valence electrons. The number of hydrogen-bond donors (Lipinski definition) is 1. The van der Waals surface area contributed by atoms with Crippen LogP contribution in [-0.4, -0.2) is 19.7 Å². The Bertz CT molecular complexity index is 632. The minimum atomic E-state index is -4.80. The second-order valence-electron chi connectivity index (χ2n) is 4.88. The zero-order valence-electron chi connectivity index (χ0n) is 11.6. The molecule has 1 saturated carbocycles. The van der Waals surface area contributed by atoms with E-state index in [9.17, 15) is 18.0 Å². The van der Waals surface area contributed by atoms with Gasteiger partial charge in [-0.3, -0.25) is 4.79 Å². The molecule has 0 bridgehead atoms. The fourth-order valence-electron chi connectivity index (χ4n) is 2.00. The molecule has 1 N–H and O–H groups in total. The van der Waals surface area contributed by atoms with Gasteiger partial charge in [0.2, 0.25) is 6.41 Å². The number of carbonyl (C=O) groups is 1. The largest absolute Gasteiger partial charge is 0.433 e. The fourth-order valence-corrected chi connectivity index (χ4v) is 2.17. The van der Waals surface area contributed by atoms with Gasteiger partial charge >= 0.3 is 6.18 Å². The van der Waals surface area contributed by atoms with Crippen molar-refractivity contribution in [2.24, 2.45) is 5.92 Å². The Labute approximate surface area is 130 Å². The molecule has 0 aliphatic heterocycles. The maximum Gasteiger partial charge on any atom is 0.433 e. The highest BCUT2D eigenvalue weighted by Crippen LogP contribution is 2.45. The Morgan fingerprint density at radius 1 is 1.41 bits per heavy atom. The number of amides is 1. The Morgan fingerprint density at radius 2 is 2.09 bits per heavy atom. The predicted molar refractivity (Wildman–Crippen MR) is 76.4 cm³/mol. The van der Waals surface area contributed by atoms with Crippen molar-refractivity contribution in [3.63, 3.8) is 0 Å². The van der Waals surface area contributed by atoms with Gasteiger partial charge in [-0.1, -0.05) is 23.4 Å². The molecule has 0 heterocycles. The smallest absolute Gasteiger partial charge is 0.354 e. The zero-order chi connectivity index (χ0) is 16.4. The quantitative estimate of drug-likeness (QED) is 0.674. The SMILES string of the molecule is COC(C#CC1CC1)(c1cc(Cl)ccc1NC=O)C(F)(F)F. The van der Waals surface area contributed by atoms with Crippen molar-refractivity contribution in [2.75, 3.05) is 12.4 Å². The first kappa shape index (κ1) is 16.7. The van der Waals surface area contributed by atoms with Crippen molar-refractivity contribution in [2.45, 2.75) is 24.6 Å². The molecular weight excluding hydrogens is 319 g/mol. The van der Waals surface area contributed by atoms with E-state index in [1.165, 1.54) is 12.1 Å². The lowest BCUT2D eigenvalue weighted by molar-refractivity contribution is -0.250. The van der Waals surface area contributed by atoms with E-state index in [1.807, 2.05) is 0 Å². The first-order valence-corrected chi connectivity index (χ1v) is 6.86. The number of carbonyl (C=O) groups excluding carboxylic acids is 1. The topological polar surface area (TPSA) is 38.3 Å². The van der Waals surface area contributed by atoms with E-state index in [0.29, 0.717) is 0 Å². The molecule has 1 aliphatic rings. The maximum absolute atomic E-state index is 13.7. The van der Waals surface area contributed by atoms with Gasteiger partial charge in [0.25, 0.3) is 5.60 Å². The number of hydrogen-bond acceptors (Lipinski definition) is 2. The van der Waals surface area contributed by atoms with Gasteiger partial charge < -0.3 is 10.1 Å². The second-order valence-corrected chi connectivity index (χ2v) is 5.32. The highest BCUT2D eigenvalue weighted by Gasteiger charge is 2.57. The van der Waals surface area contributed by atoms with Crippen LogP contribution in [0.5, 0.6) is 0 Å². The van der Waals surface area contributed by atoms with Crippen LogP contribution in [0.25, 0.3) is 0 Å². The zero-order valence-corrected chi connectivity index (χ0v) is 12.4. The van der Waals surface area contributed by atoms with Crippen molar-refractivity contribution < 1.29 is 22.7 Å². The number of halogens is 4. The van der Waals surface area contributed by atoms with E-state index in [1.54, 1.807) is 0 Å². The normalized spacial score (nSPS) is 17.1. The van der Waals surface area contributed by atoms with Crippen molar-refractivity contribution >= 4 is 23.7 Å². The third-order valence-electron chi connectivity index (χ3n) is 3.31.